The minimum Gasteiger partial charge on any atom is -0.468 e. The molecule has 0 radical (unpaired) electrons. The molecule has 3 heteroatoms. The van der Waals surface area contributed by atoms with Crippen LogP contribution in [0.4, 0.5) is 5.69 Å². The first-order chi connectivity index (χ1) is 7.70. The number of carbonyl (C=O) groups is 1. The molecule has 16 heavy (non-hydrogen) atoms. The number of para-hydroxylation sites is 1. The van der Waals surface area contributed by atoms with Crippen LogP contribution in [0.15, 0.2) is 24.3 Å². The van der Waals surface area contributed by atoms with Gasteiger partial charge in [0.25, 0.3) is 0 Å². The van der Waals surface area contributed by atoms with Gasteiger partial charge in [-0.05, 0) is 24.0 Å². The van der Waals surface area contributed by atoms with Gasteiger partial charge in [0.1, 0.15) is 6.54 Å². The van der Waals surface area contributed by atoms with Gasteiger partial charge in [0.05, 0.1) is 7.11 Å². The molecule has 0 saturated heterocycles. The van der Waals surface area contributed by atoms with Crippen LogP contribution in [-0.4, -0.2) is 26.2 Å². The van der Waals surface area contributed by atoms with Gasteiger partial charge >= 0.3 is 5.97 Å². The Bertz CT molecular complexity index is 389. The van der Waals surface area contributed by atoms with Gasteiger partial charge in [-0.2, -0.15) is 0 Å². The average molecular weight is 219 g/mol. The molecular formula is C13H17NO2. The van der Waals surface area contributed by atoms with Gasteiger partial charge in [-0.15, -0.1) is 0 Å². The number of hydrogen-bond donors (Lipinski definition) is 0. The number of esters is 1. The van der Waals surface area contributed by atoms with Crippen molar-refractivity contribution in [1.29, 1.82) is 0 Å². The zero-order chi connectivity index (χ0) is 11.5. The van der Waals surface area contributed by atoms with Crippen molar-refractivity contribution in [2.45, 2.75) is 13.3 Å². The van der Waals surface area contributed by atoms with E-state index in [2.05, 4.69) is 24.0 Å². The number of carbonyl (C=O) groups excluding carboxylic acids is 1. The van der Waals surface area contributed by atoms with Crippen LogP contribution in [0.1, 0.15) is 12.5 Å². The number of fused-ring (bicyclic) bond motifs is 1. The third kappa shape index (κ3) is 2.18. The lowest BCUT2D eigenvalue weighted by atomic mass is 9.94. The zero-order valence-corrected chi connectivity index (χ0v) is 9.77. The largest absolute Gasteiger partial charge is 0.468 e. The topological polar surface area (TPSA) is 29.5 Å². The molecule has 0 N–H and O–H groups in total. The van der Waals surface area contributed by atoms with E-state index in [-0.39, 0.29) is 5.97 Å². The summed E-state index contributed by atoms with van der Waals surface area (Å²) in [5, 5.41) is 0. The van der Waals surface area contributed by atoms with Gasteiger partial charge in [0, 0.05) is 12.2 Å². The van der Waals surface area contributed by atoms with Crippen LogP contribution in [0.2, 0.25) is 0 Å². The van der Waals surface area contributed by atoms with Gasteiger partial charge in [-0.25, -0.2) is 0 Å². The first kappa shape index (κ1) is 11.0. The highest BCUT2D eigenvalue weighted by atomic mass is 16.5. The molecule has 1 aliphatic rings. The fourth-order valence-electron chi connectivity index (χ4n) is 2.28. The van der Waals surface area contributed by atoms with E-state index in [1.54, 1.807) is 0 Å². The summed E-state index contributed by atoms with van der Waals surface area (Å²) in [6, 6.07) is 8.27. The van der Waals surface area contributed by atoms with Crippen LogP contribution in [0.3, 0.4) is 0 Å². The van der Waals surface area contributed by atoms with Gasteiger partial charge in [0.15, 0.2) is 0 Å². The highest BCUT2D eigenvalue weighted by molar-refractivity contribution is 5.76. The van der Waals surface area contributed by atoms with Crippen LogP contribution in [0, 0.1) is 5.92 Å². The molecule has 2 rings (SSSR count). The monoisotopic (exact) mass is 219 g/mol. The van der Waals surface area contributed by atoms with E-state index < -0.39 is 0 Å². The fourth-order valence-corrected chi connectivity index (χ4v) is 2.28. The highest BCUT2D eigenvalue weighted by Crippen LogP contribution is 2.28. The number of rotatable bonds is 2. The van der Waals surface area contributed by atoms with E-state index in [9.17, 15) is 4.79 Å². The van der Waals surface area contributed by atoms with Gasteiger partial charge in [-0.3, -0.25) is 4.79 Å². The van der Waals surface area contributed by atoms with Crippen molar-refractivity contribution >= 4 is 11.7 Å². The summed E-state index contributed by atoms with van der Waals surface area (Å²) in [5.74, 6) is 0.406. The molecule has 0 aromatic heterocycles. The van der Waals surface area contributed by atoms with Crippen molar-refractivity contribution in [1.82, 2.24) is 0 Å². The number of methoxy groups -OCH3 is 1. The lowest BCUT2D eigenvalue weighted by Gasteiger charge is -2.33. The normalized spacial score (nSPS) is 19.1. The molecule has 0 bridgehead atoms. The van der Waals surface area contributed by atoms with Gasteiger partial charge in [0.2, 0.25) is 0 Å². The second-order valence-corrected chi connectivity index (χ2v) is 4.39. The quantitative estimate of drug-likeness (QED) is 0.711. The smallest absolute Gasteiger partial charge is 0.325 e. The molecule has 1 aliphatic heterocycles. The summed E-state index contributed by atoms with van der Waals surface area (Å²) in [7, 11) is 1.43. The Labute approximate surface area is 96.0 Å². The first-order valence-electron chi connectivity index (χ1n) is 5.60. The van der Waals surface area contributed by atoms with E-state index in [1.165, 1.54) is 18.4 Å². The Morgan fingerprint density at radius 1 is 1.50 bits per heavy atom. The molecule has 0 amide bonds. The Hall–Kier alpha value is -1.51. The van der Waals surface area contributed by atoms with Crippen molar-refractivity contribution in [3.8, 4) is 0 Å². The van der Waals surface area contributed by atoms with Gasteiger partial charge < -0.3 is 9.64 Å². The minimum atomic E-state index is -0.177. The first-order valence-corrected chi connectivity index (χ1v) is 5.60. The minimum absolute atomic E-state index is 0.177. The summed E-state index contributed by atoms with van der Waals surface area (Å²) in [5.41, 5.74) is 2.50. The summed E-state index contributed by atoms with van der Waals surface area (Å²) in [6.45, 7) is 3.48. The number of hydrogen-bond acceptors (Lipinski definition) is 3. The molecule has 86 valence electrons. The molecule has 1 heterocycles. The number of benzene rings is 1. The molecule has 0 fully saturated rings. The van der Waals surface area contributed by atoms with E-state index in [0.29, 0.717) is 12.5 Å². The summed E-state index contributed by atoms with van der Waals surface area (Å²) in [6.07, 6.45) is 1.09. The average Bonchev–Trinajstić information content (AvgIpc) is 2.28. The maximum absolute atomic E-state index is 11.3. The third-order valence-electron chi connectivity index (χ3n) is 2.98. The highest BCUT2D eigenvalue weighted by Gasteiger charge is 2.22. The molecule has 3 nitrogen and oxygen atoms in total. The van der Waals surface area contributed by atoms with Crippen molar-refractivity contribution in [2.75, 3.05) is 25.1 Å². The number of ether oxygens (including phenoxy) is 1. The van der Waals surface area contributed by atoms with Crippen molar-refractivity contribution in [2.24, 2.45) is 5.92 Å². The second kappa shape index (κ2) is 4.56. The SMILES string of the molecule is COC(=O)CN1CC(C)Cc2ccccc21. The van der Waals surface area contributed by atoms with Crippen molar-refractivity contribution in [3.63, 3.8) is 0 Å². The lowest BCUT2D eigenvalue weighted by Crippen LogP contribution is -2.38. The maximum Gasteiger partial charge on any atom is 0.325 e. The summed E-state index contributed by atoms with van der Waals surface area (Å²) < 4.78 is 4.72. The Kier molecular flexibility index (Phi) is 3.13. The van der Waals surface area contributed by atoms with Gasteiger partial charge in [-0.1, -0.05) is 25.1 Å². The Morgan fingerprint density at radius 2 is 2.25 bits per heavy atom. The Morgan fingerprint density at radius 3 is 3.00 bits per heavy atom. The molecule has 1 unspecified atom stereocenters. The maximum atomic E-state index is 11.3. The standard InChI is InChI=1S/C13H17NO2/c1-10-7-11-5-3-4-6-12(11)14(8-10)9-13(15)16-2/h3-6,10H,7-9H2,1-2H3. The van der Waals surface area contributed by atoms with E-state index >= 15 is 0 Å². The zero-order valence-electron chi connectivity index (χ0n) is 9.77. The molecule has 1 aromatic carbocycles. The van der Waals surface area contributed by atoms with E-state index in [0.717, 1.165) is 13.0 Å². The van der Waals surface area contributed by atoms with E-state index in [4.69, 9.17) is 4.74 Å². The number of anilines is 1. The van der Waals surface area contributed by atoms with Crippen molar-refractivity contribution in [3.05, 3.63) is 29.8 Å². The fraction of sp³-hybridized carbons (Fsp3) is 0.462. The van der Waals surface area contributed by atoms with Crippen LogP contribution in [0.5, 0.6) is 0 Å². The third-order valence-corrected chi connectivity index (χ3v) is 2.98. The summed E-state index contributed by atoms with van der Waals surface area (Å²) >= 11 is 0. The molecule has 0 aliphatic carbocycles. The predicted molar refractivity (Wildman–Crippen MR) is 63.5 cm³/mol. The van der Waals surface area contributed by atoms with Crippen LogP contribution in [-0.2, 0) is 16.0 Å². The molecule has 0 spiro atoms. The second-order valence-electron chi connectivity index (χ2n) is 4.39. The molecule has 1 atom stereocenters. The van der Waals surface area contributed by atoms with Crippen LogP contribution in [0.25, 0.3) is 0 Å². The summed E-state index contributed by atoms with van der Waals surface area (Å²) in [4.78, 5) is 13.4. The molecule has 0 saturated carbocycles. The molecule has 1 aromatic rings. The van der Waals surface area contributed by atoms with Crippen LogP contribution < -0.4 is 4.90 Å². The number of nitrogens with zero attached hydrogens (tertiary/aromatic N) is 1. The lowest BCUT2D eigenvalue weighted by molar-refractivity contribution is -0.139. The van der Waals surface area contributed by atoms with Crippen LogP contribution >= 0.6 is 0 Å². The molecular weight excluding hydrogens is 202 g/mol. The van der Waals surface area contributed by atoms with E-state index in [1.807, 2.05) is 12.1 Å². The van der Waals surface area contributed by atoms with Crippen molar-refractivity contribution < 1.29 is 9.53 Å². The predicted octanol–water partition coefficient (Wildman–Crippen LogP) is 1.86. The Balaban J connectivity index is 2.23.